The zero-order chi connectivity index (χ0) is 25.3. The van der Waals surface area contributed by atoms with Crippen molar-refractivity contribution in [1.82, 2.24) is 4.98 Å². The number of aromatic nitrogens is 1. The van der Waals surface area contributed by atoms with Crippen molar-refractivity contribution in [2.45, 2.75) is 26.3 Å². The number of anilines is 3. The molecule has 9 nitrogen and oxygen atoms in total. The third-order valence-corrected chi connectivity index (χ3v) is 5.94. The number of halogens is 1. The fourth-order valence-corrected chi connectivity index (χ4v) is 3.74. The Morgan fingerprint density at radius 3 is 2.51 bits per heavy atom. The van der Waals surface area contributed by atoms with Gasteiger partial charge in [0.25, 0.3) is 16.8 Å². The number of benzene rings is 2. The molecule has 0 aliphatic rings. The minimum Gasteiger partial charge on any atom is -0.496 e. The molecule has 35 heavy (non-hydrogen) atoms. The smallest absolute Gasteiger partial charge is 0.253 e. The van der Waals surface area contributed by atoms with Gasteiger partial charge in [0.05, 0.1) is 28.9 Å². The number of amides is 1. The first kappa shape index (κ1) is 24.0. The van der Waals surface area contributed by atoms with Crippen LogP contribution in [-0.2, 0) is 0 Å². The number of nitrogens with zero attached hydrogens (tertiary/aromatic N) is 1. The molecule has 10 heteroatoms. The number of hydrogen-bond acceptors (Lipinski definition) is 8. The molecule has 180 valence electrons. The summed E-state index contributed by atoms with van der Waals surface area (Å²) in [7, 11) is 1.44. The number of methoxy groups -OCH3 is 1. The van der Waals surface area contributed by atoms with Crippen LogP contribution in [0.3, 0.4) is 0 Å². The summed E-state index contributed by atoms with van der Waals surface area (Å²) in [6.07, 6.45) is 2.36. The molecule has 0 saturated carbocycles. The number of nitrogens with one attached hydrogen (secondary N) is 2. The molecule has 0 saturated heterocycles. The number of rotatable bonds is 9. The summed E-state index contributed by atoms with van der Waals surface area (Å²) in [4.78, 5) is 40.2. The number of fused-ring (bicyclic) bond motifs is 1. The van der Waals surface area contributed by atoms with E-state index in [2.05, 4.69) is 15.6 Å². The lowest BCUT2D eigenvalue weighted by Gasteiger charge is -2.19. The number of nitrogens with two attached hydrogens (primary N) is 1. The number of hydrogen-bond donors (Lipinski definition) is 3. The molecule has 0 aliphatic heterocycles. The molecule has 3 aromatic carbocycles. The average molecular weight is 495 g/mol. The Hall–Kier alpha value is -4.11. The topological polar surface area (TPSA) is 133 Å². The quantitative estimate of drug-likeness (QED) is 0.293. The molecule has 1 atom stereocenters. The molecule has 0 spiro atoms. The second-order valence-electron chi connectivity index (χ2n) is 7.97. The zero-order valence-corrected chi connectivity index (χ0v) is 20.0. The van der Waals surface area contributed by atoms with E-state index in [4.69, 9.17) is 26.8 Å². The van der Waals surface area contributed by atoms with Crippen LogP contribution in [0.25, 0.3) is 10.9 Å². The van der Waals surface area contributed by atoms with Crippen molar-refractivity contribution in [3.05, 3.63) is 73.6 Å². The predicted molar refractivity (Wildman–Crippen MR) is 136 cm³/mol. The van der Waals surface area contributed by atoms with E-state index in [0.29, 0.717) is 33.8 Å². The molecule has 0 radical (unpaired) electrons. The van der Waals surface area contributed by atoms with E-state index >= 15 is 0 Å². The Kier molecular flexibility index (Phi) is 6.61. The minimum atomic E-state index is -0.641. The lowest BCUT2D eigenvalue weighted by atomic mass is 10.1. The minimum absolute atomic E-state index is 0.0373. The van der Waals surface area contributed by atoms with Gasteiger partial charge in [0.1, 0.15) is 28.6 Å². The molecule has 0 unspecified atom stereocenters. The molecule has 4 aromatic rings. The van der Waals surface area contributed by atoms with Gasteiger partial charge in [0.2, 0.25) is 0 Å². The molecule has 0 aliphatic carbocycles. The highest BCUT2D eigenvalue weighted by molar-refractivity contribution is 6.33. The molecule has 0 bridgehead atoms. The summed E-state index contributed by atoms with van der Waals surface area (Å²) in [5, 5.41) is 6.83. The number of primary amides is 1. The van der Waals surface area contributed by atoms with Crippen LogP contribution in [0, 0.1) is 0 Å². The molecule has 4 N–H and O–H groups in total. The highest BCUT2D eigenvalue weighted by Gasteiger charge is 2.23. The van der Waals surface area contributed by atoms with Crippen molar-refractivity contribution >= 4 is 45.5 Å². The van der Waals surface area contributed by atoms with Gasteiger partial charge in [-0.3, -0.25) is 19.4 Å². The number of ether oxygens (including phenoxy) is 2. The van der Waals surface area contributed by atoms with Gasteiger partial charge in [-0.25, -0.2) is 0 Å². The first-order chi connectivity index (χ1) is 16.7. The Bertz CT molecular complexity index is 1510. The maximum absolute atomic E-state index is 12.1. The van der Waals surface area contributed by atoms with Gasteiger partial charge >= 0.3 is 0 Å². The average Bonchev–Trinajstić information content (AvgIpc) is 2.85. The Morgan fingerprint density at radius 1 is 1.11 bits per heavy atom. The molecule has 4 rings (SSSR count). The second kappa shape index (κ2) is 9.63. The molecule has 1 amide bonds. The Labute approximate surface area is 205 Å². The van der Waals surface area contributed by atoms with Crippen LogP contribution in [0.15, 0.2) is 52.2 Å². The third kappa shape index (κ3) is 4.63. The van der Waals surface area contributed by atoms with Gasteiger partial charge < -0.3 is 25.8 Å². The second-order valence-corrected chi connectivity index (χ2v) is 8.38. The van der Waals surface area contributed by atoms with E-state index in [9.17, 15) is 14.4 Å². The van der Waals surface area contributed by atoms with Crippen LogP contribution >= 0.6 is 11.6 Å². The van der Waals surface area contributed by atoms with Crippen molar-refractivity contribution in [3.63, 3.8) is 0 Å². The van der Waals surface area contributed by atoms with Crippen molar-refractivity contribution in [1.29, 1.82) is 0 Å². The Morgan fingerprint density at radius 2 is 1.86 bits per heavy atom. The fraction of sp³-hybridized carbons (Fsp3) is 0.200. The SMILES string of the molecule is CC[C@H](C)Nc1c(Nc2ccc(Oc3ccnc4cc(OC)c(C(N)=O)cc34)cc2Cl)c(=O)c1=O. The number of carbonyl (C=O) groups excluding carboxylic acids is 1. The van der Waals surface area contributed by atoms with E-state index < -0.39 is 16.8 Å². The highest BCUT2D eigenvalue weighted by Crippen LogP contribution is 2.36. The van der Waals surface area contributed by atoms with Gasteiger partial charge in [0.15, 0.2) is 0 Å². The largest absolute Gasteiger partial charge is 0.496 e. The summed E-state index contributed by atoms with van der Waals surface area (Å²) < 4.78 is 11.3. The summed E-state index contributed by atoms with van der Waals surface area (Å²) in [6, 6.07) is 9.73. The number of carbonyl (C=O) groups is 1. The van der Waals surface area contributed by atoms with E-state index in [1.807, 2.05) is 13.8 Å². The summed E-state index contributed by atoms with van der Waals surface area (Å²) in [5.74, 6) is 0.512. The summed E-state index contributed by atoms with van der Waals surface area (Å²) >= 11 is 6.44. The maximum Gasteiger partial charge on any atom is 0.253 e. The third-order valence-electron chi connectivity index (χ3n) is 5.63. The first-order valence-corrected chi connectivity index (χ1v) is 11.2. The lowest BCUT2D eigenvalue weighted by Crippen LogP contribution is -2.38. The highest BCUT2D eigenvalue weighted by atomic mass is 35.5. The fourth-order valence-electron chi connectivity index (χ4n) is 3.52. The van der Waals surface area contributed by atoms with E-state index in [0.717, 1.165) is 6.42 Å². The standard InChI is InChI=1S/C25H23ClN4O5/c1-4-12(2)29-21-22(24(32)23(21)31)30-17-6-5-13(9-16(17)26)35-19-7-8-28-18-11-20(34-3)15(25(27)33)10-14(18)19/h5-12,29-30H,4H2,1-3H3,(H2,27,33)/t12-/m0/s1. The van der Waals surface area contributed by atoms with E-state index in [1.165, 1.54) is 7.11 Å². The van der Waals surface area contributed by atoms with Crippen LogP contribution in [0.5, 0.6) is 17.2 Å². The zero-order valence-electron chi connectivity index (χ0n) is 19.3. The van der Waals surface area contributed by atoms with Crippen LogP contribution in [0.4, 0.5) is 17.1 Å². The summed E-state index contributed by atoms with van der Waals surface area (Å²) in [5.41, 5.74) is 5.95. The van der Waals surface area contributed by atoms with Crippen molar-refractivity contribution < 1.29 is 14.3 Å². The van der Waals surface area contributed by atoms with Gasteiger partial charge in [-0.05, 0) is 37.6 Å². The molecule has 0 fully saturated rings. The maximum atomic E-state index is 12.1. The van der Waals surface area contributed by atoms with Gasteiger partial charge in [0, 0.05) is 29.8 Å². The monoisotopic (exact) mass is 494 g/mol. The van der Waals surface area contributed by atoms with Crippen molar-refractivity contribution in [2.24, 2.45) is 5.73 Å². The van der Waals surface area contributed by atoms with Crippen molar-refractivity contribution in [3.8, 4) is 17.2 Å². The predicted octanol–water partition coefficient (Wildman–Crippen LogP) is 4.34. The van der Waals surface area contributed by atoms with Crippen molar-refractivity contribution in [2.75, 3.05) is 17.7 Å². The normalized spacial score (nSPS) is 11.9. The van der Waals surface area contributed by atoms with Crippen LogP contribution < -0.4 is 36.7 Å². The van der Waals surface area contributed by atoms with E-state index in [1.54, 1.807) is 42.6 Å². The molecular formula is C25H23ClN4O5. The van der Waals surface area contributed by atoms with E-state index in [-0.39, 0.29) is 28.0 Å². The molecule has 1 heterocycles. The van der Waals surface area contributed by atoms with Crippen LogP contribution in [-0.4, -0.2) is 24.0 Å². The molecular weight excluding hydrogens is 472 g/mol. The number of pyridine rings is 1. The first-order valence-electron chi connectivity index (χ1n) is 10.8. The lowest BCUT2D eigenvalue weighted by molar-refractivity contribution is 0.0997. The summed E-state index contributed by atoms with van der Waals surface area (Å²) in [6.45, 7) is 3.90. The van der Waals surface area contributed by atoms with Gasteiger partial charge in [-0.2, -0.15) is 0 Å². The van der Waals surface area contributed by atoms with Gasteiger partial charge in [-0.15, -0.1) is 0 Å². The van der Waals surface area contributed by atoms with Gasteiger partial charge in [-0.1, -0.05) is 18.5 Å². The Balaban J connectivity index is 1.62. The molecule has 1 aromatic heterocycles. The van der Waals surface area contributed by atoms with Crippen LogP contribution in [0.1, 0.15) is 30.6 Å². The van der Waals surface area contributed by atoms with Crippen LogP contribution in [0.2, 0.25) is 5.02 Å².